The number of aromatic hydroxyl groups is 1. The summed E-state index contributed by atoms with van der Waals surface area (Å²) in [4.78, 5) is 0. The van der Waals surface area contributed by atoms with Gasteiger partial charge in [-0.15, -0.1) is 0 Å². The van der Waals surface area contributed by atoms with Gasteiger partial charge in [-0.2, -0.15) is 12.6 Å². The number of rotatable bonds is 2. The molecule has 0 heterocycles. The minimum atomic E-state index is 0.341. The molecule has 0 spiro atoms. The first-order valence-corrected chi connectivity index (χ1v) is 4.75. The first-order chi connectivity index (χ1) is 5.24. The topological polar surface area (TPSA) is 20.2 Å². The van der Waals surface area contributed by atoms with Crippen molar-refractivity contribution in [3.8, 4) is 5.75 Å². The lowest BCUT2D eigenvalue weighted by Crippen LogP contribution is -1.86. The standard InChI is InChI=1S/C8H9BrOS/c9-7-2-1-6(3-4-11)8(10)5-7/h1-2,5,10-11H,3-4H2. The zero-order valence-corrected chi connectivity index (χ0v) is 8.40. The Morgan fingerprint density at radius 2 is 2.18 bits per heavy atom. The van der Waals surface area contributed by atoms with Gasteiger partial charge in [0.2, 0.25) is 0 Å². The highest BCUT2D eigenvalue weighted by molar-refractivity contribution is 9.10. The summed E-state index contributed by atoms with van der Waals surface area (Å²) in [5.41, 5.74) is 0.947. The lowest BCUT2D eigenvalue weighted by atomic mass is 10.1. The molecule has 11 heavy (non-hydrogen) atoms. The van der Waals surface area contributed by atoms with Crippen LogP contribution in [-0.2, 0) is 6.42 Å². The molecule has 1 N–H and O–H groups in total. The van der Waals surface area contributed by atoms with Crippen molar-refractivity contribution in [2.24, 2.45) is 0 Å². The summed E-state index contributed by atoms with van der Waals surface area (Å²) >= 11 is 7.35. The molecular weight excluding hydrogens is 224 g/mol. The Bertz CT molecular complexity index is 250. The number of aryl methyl sites for hydroxylation is 1. The molecule has 3 heteroatoms. The molecule has 1 aromatic carbocycles. The van der Waals surface area contributed by atoms with E-state index in [1.54, 1.807) is 6.07 Å². The predicted octanol–water partition coefficient (Wildman–Crippen LogP) is 2.63. The van der Waals surface area contributed by atoms with Gasteiger partial charge in [-0.3, -0.25) is 0 Å². The van der Waals surface area contributed by atoms with E-state index in [2.05, 4.69) is 28.6 Å². The van der Waals surface area contributed by atoms with Crippen molar-refractivity contribution in [2.45, 2.75) is 6.42 Å². The second kappa shape index (κ2) is 4.02. The number of phenolic OH excluding ortho intramolecular Hbond substituents is 1. The highest BCUT2D eigenvalue weighted by Gasteiger charge is 1.99. The SMILES string of the molecule is Oc1cc(Br)ccc1CCS. The zero-order valence-electron chi connectivity index (χ0n) is 5.92. The molecule has 0 saturated heterocycles. The maximum absolute atomic E-state index is 9.36. The molecule has 1 aromatic rings. The van der Waals surface area contributed by atoms with Crippen LogP contribution in [0.1, 0.15) is 5.56 Å². The molecule has 0 aliphatic carbocycles. The van der Waals surface area contributed by atoms with Gasteiger partial charge < -0.3 is 5.11 Å². The van der Waals surface area contributed by atoms with E-state index in [9.17, 15) is 5.11 Å². The van der Waals surface area contributed by atoms with Crippen LogP contribution in [0.15, 0.2) is 22.7 Å². The summed E-state index contributed by atoms with van der Waals surface area (Å²) in [7, 11) is 0. The maximum Gasteiger partial charge on any atom is 0.119 e. The summed E-state index contributed by atoms with van der Waals surface area (Å²) in [6.45, 7) is 0. The summed E-state index contributed by atoms with van der Waals surface area (Å²) < 4.78 is 0.901. The molecule has 0 bridgehead atoms. The van der Waals surface area contributed by atoms with Gasteiger partial charge in [-0.25, -0.2) is 0 Å². The zero-order chi connectivity index (χ0) is 8.27. The Morgan fingerprint density at radius 1 is 1.45 bits per heavy atom. The third kappa shape index (κ3) is 2.42. The van der Waals surface area contributed by atoms with Crippen LogP contribution >= 0.6 is 28.6 Å². The summed E-state index contributed by atoms with van der Waals surface area (Å²) in [5, 5.41) is 9.36. The average Bonchev–Trinajstić information content (AvgIpc) is 1.95. The minimum absolute atomic E-state index is 0.341. The van der Waals surface area contributed by atoms with Crippen LogP contribution in [0.5, 0.6) is 5.75 Å². The maximum atomic E-state index is 9.36. The number of hydrogen-bond donors (Lipinski definition) is 2. The van der Waals surface area contributed by atoms with E-state index in [0.717, 1.165) is 22.2 Å². The van der Waals surface area contributed by atoms with Gasteiger partial charge in [0, 0.05) is 4.47 Å². The average molecular weight is 233 g/mol. The van der Waals surface area contributed by atoms with Crippen molar-refractivity contribution in [1.82, 2.24) is 0 Å². The van der Waals surface area contributed by atoms with Crippen LogP contribution < -0.4 is 0 Å². The van der Waals surface area contributed by atoms with Crippen molar-refractivity contribution in [2.75, 3.05) is 5.75 Å². The second-order valence-corrected chi connectivity index (χ2v) is 3.61. The Hall–Kier alpha value is -0.150. The van der Waals surface area contributed by atoms with Crippen LogP contribution in [0, 0.1) is 0 Å². The smallest absolute Gasteiger partial charge is 0.119 e. The monoisotopic (exact) mass is 232 g/mol. The predicted molar refractivity (Wildman–Crippen MR) is 53.4 cm³/mol. The lowest BCUT2D eigenvalue weighted by molar-refractivity contribution is 0.468. The molecule has 60 valence electrons. The number of thiol groups is 1. The summed E-state index contributed by atoms with van der Waals surface area (Å²) in [6, 6.07) is 5.51. The largest absolute Gasteiger partial charge is 0.508 e. The molecule has 1 rings (SSSR count). The quantitative estimate of drug-likeness (QED) is 0.752. The van der Waals surface area contributed by atoms with Gasteiger partial charge in [0.1, 0.15) is 5.75 Å². The van der Waals surface area contributed by atoms with Gasteiger partial charge in [0.05, 0.1) is 0 Å². The van der Waals surface area contributed by atoms with E-state index in [0.29, 0.717) is 5.75 Å². The molecule has 0 saturated carbocycles. The van der Waals surface area contributed by atoms with Crippen LogP contribution in [0.2, 0.25) is 0 Å². The molecule has 0 radical (unpaired) electrons. The molecule has 0 aromatic heterocycles. The van der Waals surface area contributed by atoms with E-state index in [1.807, 2.05) is 12.1 Å². The normalized spacial score (nSPS) is 10.0. The molecule has 0 aliphatic rings. The van der Waals surface area contributed by atoms with E-state index in [-0.39, 0.29) is 0 Å². The van der Waals surface area contributed by atoms with Gasteiger partial charge in [-0.1, -0.05) is 22.0 Å². The van der Waals surface area contributed by atoms with Crippen LogP contribution in [-0.4, -0.2) is 10.9 Å². The Morgan fingerprint density at radius 3 is 2.73 bits per heavy atom. The van der Waals surface area contributed by atoms with E-state index < -0.39 is 0 Å². The first kappa shape index (κ1) is 8.94. The third-order valence-electron chi connectivity index (χ3n) is 1.43. The molecule has 0 amide bonds. The van der Waals surface area contributed by atoms with Gasteiger partial charge in [-0.05, 0) is 29.9 Å². The first-order valence-electron chi connectivity index (χ1n) is 3.32. The molecule has 0 atom stereocenters. The van der Waals surface area contributed by atoms with Crippen LogP contribution in [0.4, 0.5) is 0 Å². The van der Waals surface area contributed by atoms with E-state index in [4.69, 9.17) is 0 Å². The number of halogens is 1. The molecule has 0 aliphatic heterocycles. The summed E-state index contributed by atoms with van der Waals surface area (Å²) in [6.07, 6.45) is 0.808. The molecular formula is C8H9BrOS. The van der Waals surface area contributed by atoms with Crippen molar-refractivity contribution >= 4 is 28.6 Å². The van der Waals surface area contributed by atoms with Crippen molar-refractivity contribution in [3.63, 3.8) is 0 Å². The Kier molecular flexibility index (Phi) is 3.27. The molecule has 0 unspecified atom stereocenters. The van der Waals surface area contributed by atoms with Crippen molar-refractivity contribution in [3.05, 3.63) is 28.2 Å². The Balaban J connectivity index is 2.90. The summed E-state index contributed by atoms with van der Waals surface area (Å²) in [5.74, 6) is 1.10. The van der Waals surface area contributed by atoms with Gasteiger partial charge in [0.25, 0.3) is 0 Å². The number of hydrogen-bond acceptors (Lipinski definition) is 2. The van der Waals surface area contributed by atoms with E-state index in [1.165, 1.54) is 0 Å². The molecule has 1 nitrogen and oxygen atoms in total. The second-order valence-electron chi connectivity index (χ2n) is 2.25. The van der Waals surface area contributed by atoms with Gasteiger partial charge >= 0.3 is 0 Å². The third-order valence-corrected chi connectivity index (χ3v) is 2.15. The number of phenols is 1. The van der Waals surface area contributed by atoms with E-state index >= 15 is 0 Å². The number of benzene rings is 1. The van der Waals surface area contributed by atoms with Crippen LogP contribution in [0.3, 0.4) is 0 Å². The van der Waals surface area contributed by atoms with Crippen molar-refractivity contribution in [1.29, 1.82) is 0 Å². The lowest BCUT2D eigenvalue weighted by Gasteiger charge is -2.01. The van der Waals surface area contributed by atoms with Crippen LogP contribution in [0.25, 0.3) is 0 Å². The van der Waals surface area contributed by atoms with Gasteiger partial charge in [0.15, 0.2) is 0 Å². The highest BCUT2D eigenvalue weighted by atomic mass is 79.9. The fraction of sp³-hybridized carbons (Fsp3) is 0.250. The Labute approximate surface area is 80.0 Å². The van der Waals surface area contributed by atoms with Crippen molar-refractivity contribution < 1.29 is 5.11 Å². The highest BCUT2D eigenvalue weighted by Crippen LogP contribution is 2.22. The minimum Gasteiger partial charge on any atom is -0.508 e. The molecule has 0 fully saturated rings. The fourth-order valence-corrected chi connectivity index (χ4v) is 1.46. The fourth-order valence-electron chi connectivity index (χ4n) is 0.869.